The highest BCUT2D eigenvalue weighted by molar-refractivity contribution is 5.54. The molecule has 0 unspecified atom stereocenters. The third-order valence-electron chi connectivity index (χ3n) is 4.39. The molecule has 0 N–H and O–H groups in total. The minimum atomic E-state index is -0.0769. The molecule has 2 aromatic rings. The van der Waals surface area contributed by atoms with Gasteiger partial charge in [-0.15, -0.1) is 0 Å². The molecule has 0 aromatic carbocycles. The molecule has 142 valence electrons. The van der Waals surface area contributed by atoms with Crippen molar-refractivity contribution in [1.29, 1.82) is 0 Å². The molecule has 0 amide bonds. The summed E-state index contributed by atoms with van der Waals surface area (Å²) in [5, 5.41) is 0. The second-order valence-corrected chi connectivity index (χ2v) is 8.86. The molecule has 0 aliphatic rings. The van der Waals surface area contributed by atoms with E-state index < -0.39 is 0 Å². The van der Waals surface area contributed by atoms with Crippen molar-refractivity contribution < 1.29 is 9.47 Å². The Balaban J connectivity index is 2.44. The van der Waals surface area contributed by atoms with Crippen LogP contribution in [0.25, 0.3) is 11.4 Å². The normalized spacial score (nSPS) is 14.9. The van der Waals surface area contributed by atoms with Crippen LogP contribution >= 0.6 is 0 Å². The van der Waals surface area contributed by atoms with Gasteiger partial charge in [0.2, 0.25) is 0 Å². The van der Waals surface area contributed by atoms with Crippen LogP contribution in [0.3, 0.4) is 0 Å². The van der Waals surface area contributed by atoms with E-state index in [1.807, 2.05) is 36.4 Å². The Bertz CT molecular complexity index is 666. The third-order valence-corrected chi connectivity index (χ3v) is 4.39. The monoisotopic (exact) mass is 356 g/mol. The van der Waals surface area contributed by atoms with Crippen molar-refractivity contribution in [3.8, 4) is 11.4 Å². The minimum Gasteiger partial charge on any atom is -0.375 e. The molecule has 26 heavy (non-hydrogen) atoms. The van der Waals surface area contributed by atoms with Crippen molar-refractivity contribution in [2.24, 2.45) is 10.8 Å². The molecule has 4 heteroatoms. The quantitative estimate of drug-likeness (QED) is 0.698. The van der Waals surface area contributed by atoms with E-state index in [2.05, 4.69) is 41.5 Å². The summed E-state index contributed by atoms with van der Waals surface area (Å²) in [5.41, 5.74) is 3.46. The van der Waals surface area contributed by atoms with Crippen LogP contribution in [0, 0.1) is 10.8 Å². The van der Waals surface area contributed by atoms with Gasteiger partial charge in [0, 0.05) is 14.2 Å². The number of rotatable bonds is 5. The van der Waals surface area contributed by atoms with Gasteiger partial charge >= 0.3 is 0 Å². The van der Waals surface area contributed by atoms with Gasteiger partial charge in [-0.3, -0.25) is 0 Å². The number of methoxy groups -OCH3 is 2. The number of aromatic nitrogens is 2. The molecule has 0 fully saturated rings. The Hall–Kier alpha value is -1.78. The highest BCUT2D eigenvalue weighted by Gasteiger charge is 2.29. The molecular formula is C22H32N2O2. The molecular weight excluding hydrogens is 324 g/mol. The van der Waals surface area contributed by atoms with Crippen LogP contribution in [0.4, 0.5) is 0 Å². The largest absolute Gasteiger partial charge is 0.375 e. The summed E-state index contributed by atoms with van der Waals surface area (Å²) in [5.74, 6) is 0. The Labute approximate surface area is 158 Å². The zero-order valence-corrected chi connectivity index (χ0v) is 17.3. The number of hydrogen-bond donors (Lipinski definition) is 0. The first-order valence-corrected chi connectivity index (χ1v) is 9.08. The van der Waals surface area contributed by atoms with Gasteiger partial charge in [-0.2, -0.15) is 0 Å². The average molecular weight is 357 g/mol. The Morgan fingerprint density at radius 2 is 1.00 bits per heavy atom. The van der Waals surface area contributed by atoms with Crippen molar-refractivity contribution in [2.75, 3.05) is 14.2 Å². The van der Waals surface area contributed by atoms with Gasteiger partial charge in [0.05, 0.1) is 22.8 Å². The van der Waals surface area contributed by atoms with E-state index in [1.165, 1.54) is 0 Å². The average Bonchev–Trinajstić information content (AvgIpc) is 2.54. The van der Waals surface area contributed by atoms with Crippen LogP contribution in [-0.2, 0) is 9.47 Å². The number of nitrogens with zero attached hydrogens (tertiary/aromatic N) is 2. The number of ether oxygens (including phenoxy) is 2. The predicted octanol–water partition coefficient (Wildman–Crippen LogP) is 5.61. The number of pyridine rings is 2. The van der Waals surface area contributed by atoms with Crippen molar-refractivity contribution in [1.82, 2.24) is 9.97 Å². The van der Waals surface area contributed by atoms with Gasteiger partial charge in [-0.25, -0.2) is 9.97 Å². The maximum absolute atomic E-state index is 5.71. The fourth-order valence-corrected chi connectivity index (χ4v) is 3.32. The lowest BCUT2D eigenvalue weighted by Gasteiger charge is -2.29. The molecule has 4 nitrogen and oxygen atoms in total. The van der Waals surface area contributed by atoms with E-state index in [9.17, 15) is 0 Å². The second kappa shape index (κ2) is 7.85. The summed E-state index contributed by atoms with van der Waals surface area (Å²) >= 11 is 0. The molecule has 0 saturated heterocycles. The van der Waals surface area contributed by atoms with Gasteiger partial charge < -0.3 is 9.47 Å². The van der Waals surface area contributed by atoms with Crippen LogP contribution in [-0.4, -0.2) is 24.2 Å². The maximum Gasteiger partial charge on any atom is 0.104 e. The maximum atomic E-state index is 5.71. The molecule has 0 spiro atoms. The van der Waals surface area contributed by atoms with E-state index in [-0.39, 0.29) is 23.0 Å². The van der Waals surface area contributed by atoms with Crippen molar-refractivity contribution in [3.05, 3.63) is 47.8 Å². The van der Waals surface area contributed by atoms with E-state index in [1.54, 1.807) is 14.2 Å². The molecule has 2 heterocycles. The standard InChI is InChI=1S/C22H32N2O2/c1-21(2,3)19(25-7)17-13-9-11-15(23-17)16-12-10-14-18(24-16)20(26-8)22(4,5)6/h9-14,19-20H,1-8H3/t19-,20-/m0/s1. The lowest BCUT2D eigenvalue weighted by Crippen LogP contribution is -2.22. The van der Waals surface area contributed by atoms with E-state index in [0.717, 1.165) is 22.8 Å². The fourth-order valence-electron chi connectivity index (χ4n) is 3.32. The van der Waals surface area contributed by atoms with Crippen LogP contribution in [0.2, 0.25) is 0 Å². The number of hydrogen-bond acceptors (Lipinski definition) is 4. The zero-order valence-electron chi connectivity index (χ0n) is 17.3. The highest BCUT2D eigenvalue weighted by atomic mass is 16.5. The summed E-state index contributed by atoms with van der Waals surface area (Å²) < 4.78 is 11.4. The summed E-state index contributed by atoms with van der Waals surface area (Å²) in [6, 6.07) is 12.0. The molecule has 0 saturated carbocycles. The summed E-state index contributed by atoms with van der Waals surface area (Å²) in [6.45, 7) is 12.9. The highest BCUT2D eigenvalue weighted by Crippen LogP contribution is 2.36. The fraction of sp³-hybridized carbons (Fsp3) is 0.545. The van der Waals surface area contributed by atoms with Gasteiger partial charge in [0.1, 0.15) is 12.2 Å². The first kappa shape index (κ1) is 20.5. The van der Waals surface area contributed by atoms with Crippen molar-refractivity contribution in [2.45, 2.75) is 53.8 Å². The first-order valence-electron chi connectivity index (χ1n) is 9.08. The summed E-state index contributed by atoms with van der Waals surface area (Å²) in [4.78, 5) is 9.68. The zero-order chi connectivity index (χ0) is 19.5. The smallest absolute Gasteiger partial charge is 0.104 e. The second-order valence-electron chi connectivity index (χ2n) is 8.86. The minimum absolute atomic E-state index is 0.0387. The Morgan fingerprint density at radius 3 is 1.27 bits per heavy atom. The van der Waals surface area contributed by atoms with E-state index in [0.29, 0.717) is 0 Å². The van der Waals surface area contributed by atoms with Crippen LogP contribution in [0.5, 0.6) is 0 Å². The van der Waals surface area contributed by atoms with E-state index >= 15 is 0 Å². The lowest BCUT2D eigenvalue weighted by atomic mass is 9.86. The van der Waals surface area contributed by atoms with Crippen molar-refractivity contribution >= 4 is 0 Å². The molecule has 2 atom stereocenters. The molecule has 0 bridgehead atoms. The summed E-state index contributed by atoms with van der Waals surface area (Å²) in [7, 11) is 3.46. The van der Waals surface area contributed by atoms with E-state index in [4.69, 9.17) is 19.4 Å². The van der Waals surface area contributed by atoms with Crippen molar-refractivity contribution in [3.63, 3.8) is 0 Å². The molecule has 0 aliphatic carbocycles. The predicted molar refractivity (Wildman–Crippen MR) is 106 cm³/mol. The SMILES string of the molecule is CO[C@@H](c1cccc(-c2cccc([C@H](OC)C(C)(C)C)n2)n1)C(C)(C)C. The first-order chi connectivity index (χ1) is 12.1. The van der Waals surface area contributed by atoms with Crippen LogP contribution < -0.4 is 0 Å². The molecule has 2 aromatic heterocycles. The Kier molecular flexibility index (Phi) is 6.20. The van der Waals surface area contributed by atoms with Gasteiger partial charge in [-0.1, -0.05) is 53.7 Å². The van der Waals surface area contributed by atoms with Gasteiger partial charge in [0.15, 0.2) is 0 Å². The van der Waals surface area contributed by atoms with Crippen LogP contribution in [0.15, 0.2) is 36.4 Å². The lowest BCUT2D eigenvalue weighted by molar-refractivity contribution is 0.0119. The Morgan fingerprint density at radius 1 is 0.654 bits per heavy atom. The molecule has 2 rings (SSSR count). The molecule has 0 aliphatic heterocycles. The van der Waals surface area contributed by atoms with Gasteiger partial charge in [0.25, 0.3) is 0 Å². The van der Waals surface area contributed by atoms with Crippen LogP contribution in [0.1, 0.15) is 65.1 Å². The molecule has 0 radical (unpaired) electrons. The van der Waals surface area contributed by atoms with Gasteiger partial charge in [-0.05, 0) is 35.1 Å². The third kappa shape index (κ3) is 4.68. The topological polar surface area (TPSA) is 44.2 Å². The summed E-state index contributed by atoms with van der Waals surface area (Å²) in [6.07, 6.45) is -0.154.